The summed E-state index contributed by atoms with van der Waals surface area (Å²) in [7, 11) is -4.67. The largest absolute Gasteiger partial charge is 0.394 e. The van der Waals surface area contributed by atoms with Crippen LogP contribution < -0.4 is 0 Å². The minimum Gasteiger partial charge on any atom is -0.264 e. The van der Waals surface area contributed by atoms with Crippen molar-refractivity contribution in [3.8, 4) is 0 Å². The van der Waals surface area contributed by atoms with E-state index in [-0.39, 0.29) is 41.5 Å². The van der Waals surface area contributed by atoms with Crippen molar-refractivity contribution in [3.63, 3.8) is 0 Å². The average Bonchev–Trinajstić information content (AvgIpc) is 0.722. The standard InChI is InChI=1S/Mo.H2O4S.Re/c;1-5(2,3)4;/h;(H2,1,2,3,4);. The molecule has 0 aliphatic heterocycles. The first-order chi connectivity index (χ1) is 2.00. The molecule has 0 heterocycles. The molecule has 4 nitrogen and oxygen atoms in total. The van der Waals surface area contributed by atoms with Gasteiger partial charge in [-0.15, -0.1) is 0 Å². The van der Waals surface area contributed by atoms with E-state index in [9.17, 15) is 0 Å². The third-order valence-electron chi connectivity index (χ3n) is 0. The van der Waals surface area contributed by atoms with Crippen LogP contribution in [-0.2, 0) is 51.9 Å². The summed E-state index contributed by atoms with van der Waals surface area (Å²) < 4.78 is 31.6. The monoisotopic (exact) mass is 383 g/mol. The molecule has 0 unspecified atom stereocenters. The Morgan fingerprint density at radius 3 is 1.14 bits per heavy atom. The molecule has 0 aromatic carbocycles. The van der Waals surface area contributed by atoms with Crippen molar-refractivity contribution < 1.29 is 59.0 Å². The van der Waals surface area contributed by atoms with Gasteiger partial charge >= 0.3 is 10.4 Å². The summed E-state index contributed by atoms with van der Waals surface area (Å²) in [4.78, 5) is 0. The van der Waals surface area contributed by atoms with Gasteiger partial charge in [0.05, 0.1) is 0 Å². The predicted octanol–water partition coefficient (Wildman–Crippen LogP) is -0.658. The smallest absolute Gasteiger partial charge is 0.264 e. The van der Waals surface area contributed by atoms with E-state index in [1.165, 1.54) is 0 Å². The molecule has 0 saturated heterocycles. The van der Waals surface area contributed by atoms with Crippen molar-refractivity contribution >= 4 is 10.4 Å². The molecule has 2 N–H and O–H groups in total. The van der Waals surface area contributed by atoms with Crippen LogP contribution in [0.25, 0.3) is 0 Å². The fourth-order valence-corrected chi connectivity index (χ4v) is 0. The van der Waals surface area contributed by atoms with Crippen molar-refractivity contribution in [2.45, 2.75) is 0 Å². The van der Waals surface area contributed by atoms with Crippen LogP contribution in [0.2, 0.25) is 0 Å². The van der Waals surface area contributed by atoms with Crippen LogP contribution in [0.1, 0.15) is 0 Å². The molecule has 0 amide bonds. The second-order valence-electron chi connectivity index (χ2n) is 0.448. The summed E-state index contributed by atoms with van der Waals surface area (Å²) in [5.74, 6) is 0. The first kappa shape index (κ1) is 15.7. The minimum atomic E-state index is -4.67. The Morgan fingerprint density at radius 2 is 1.14 bits per heavy atom. The van der Waals surface area contributed by atoms with Crippen LogP contribution in [-0.4, -0.2) is 17.5 Å². The normalized spacial score (nSPS) is 8.29. The van der Waals surface area contributed by atoms with Gasteiger partial charge in [0, 0.05) is 41.5 Å². The average molecular weight is 380 g/mol. The molecule has 1 radical (unpaired) electrons. The zero-order valence-electron chi connectivity index (χ0n) is 2.91. The molecule has 0 bridgehead atoms. The fraction of sp³-hybridized carbons (Fsp3) is 0. The second-order valence-corrected chi connectivity index (χ2v) is 1.34. The van der Waals surface area contributed by atoms with Gasteiger partial charge in [-0.25, -0.2) is 0 Å². The molecule has 0 atom stereocenters. The maximum Gasteiger partial charge on any atom is 0.394 e. The third-order valence-corrected chi connectivity index (χ3v) is 0. The molecule has 0 aromatic heterocycles. The molecule has 0 fully saturated rings. The maximum absolute atomic E-state index is 8.74. The molecule has 45 valence electrons. The van der Waals surface area contributed by atoms with Crippen molar-refractivity contribution in [2.75, 3.05) is 0 Å². The van der Waals surface area contributed by atoms with Crippen molar-refractivity contribution in [2.24, 2.45) is 0 Å². The van der Waals surface area contributed by atoms with Gasteiger partial charge in [-0.2, -0.15) is 8.42 Å². The minimum absolute atomic E-state index is 0. The first-order valence-corrected chi connectivity index (χ1v) is 2.10. The summed E-state index contributed by atoms with van der Waals surface area (Å²) >= 11 is 0. The van der Waals surface area contributed by atoms with Gasteiger partial charge in [-0.05, 0) is 0 Å². The fourth-order valence-electron chi connectivity index (χ4n) is 0. The van der Waals surface area contributed by atoms with E-state index >= 15 is 0 Å². The van der Waals surface area contributed by atoms with Crippen LogP contribution in [0.15, 0.2) is 0 Å². The van der Waals surface area contributed by atoms with E-state index in [1.54, 1.807) is 0 Å². The van der Waals surface area contributed by atoms with Gasteiger partial charge in [-0.3, -0.25) is 9.11 Å². The molecular weight excluding hydrogens is 378 g/mol. The van der Waals surface area contributed by atoms with Crippen LogP contribution in [0.4, 0.5) is 0 Å². The van der Waals surface area contributed by atoms with E-state index in [0.717, 1.165) is 0 Å². The SMILES string of the molecule is O=S(=O)(O)O.[Mo].[Re]. The Morgan fingerprint density at radius 1 is 1.14 bits per heavy atom. The van der Waals surface area contributed by atoms with E-state index in [0.29, 0.717) is 0 Å². The Kier molecular flexibility index (Phi) is 12.0. The molecule has 7 heteroatoms. The topological polar surface area (TPSA) is 74.6 Å². The van der Waals surface area contributed by atoms with Gasteiger partial charge in [0.1, 0.15) is 0 Å². The second kappa shape index (κ2) is 5.36. The van der Waals surface area contributed by atoms with E-state index in [4.69, 9.17) is 17.5 Å². The quantitative estimate of drug-likeness (QED) is 0.433. The first-order valence-electron chi connectivity index (χ1n) is 0.698. The van der Waals surface area contributed by atoms with Gasteiger partial charge in [0.15, 0.2) is 0 Å². The molecule has 0 aliphatic rings. The molecule has 0 spiro atoms. The number of rotatable bonds is 0. The van der Waals surface area contributed by atoms with E-state index in [2.05, 4.69) is 0 Å². The molecule has 0 saturated carbocycles. The Balaban J connectivity index is -0.0000000800. The summed E-state index contributed by atoms with van der Waals surface area (Å²) in [6, 6.07) is 0. The van der Waals surface area contributed by atoms with E-state index < -0.39 is 10.4 Å². The Hall–Kier alpha value is 1.22. The van der Waals surface area contributed by atoms with Crippen LogP contribution in [0.3, 0.4) is 0 Å². The Bertz CT molecular complexity index is 94.9. The summed E-state index contributed by atoms with van der Waals surface area (Å²) in [6.07, 6.45) is 0. The number of hydrogen-bond acceptors (Lipinski definition) is 2. The summed E-state index contributed by atoms with van der Waals surface area (Å²) in [5.41, 5.74) is 0. The zero-order valence-corrected chi connectivity index (χ0v) is 8.44. The van der Waals surface area contributed by atoms with Crippen molar-refractivity contribution in [3.05, 3.63) is 0 Å². The van der Waals surface area contributed by atoms with Gasteiger partial charge < -0.3 is 0 Å². The molecule has 0 rings (SSSR count). The third kappa shape index (κ3) is 132. The van der Waals surface area contributed by atoms with Crippen molar-refractivity contribution in [1.29, 1.82) is 0 Å². The molecule has 7 heavy (non-hydrogen) atoms. The molecule has 0 aliphatic carbocycles. The van der Waals surface area contributed by atoms with Crippen LogP contribution in [0.5, 0.6) is 0 Å². The predicted molar refractivity (Wildman–Crippen MR) is 14.2 cm³/mol. The summed E-state index contributed by atoms with van der Waals surface area (Å²) in [5, 5.41) is 0. The van der Waals surface area contributed by atoms with Gasteiger partial charge in [0.2, 0.25) is 0 Å². The maximum atomic E-state index is 8.74. The van der Waals surface area contributed by atoms with Crippen LogP contribution >= 0.6 is 0 Å². The number of hydrogen-bond donors (Lipinski definition) is 2. The van der Waals surface area contributed by atoms with Crippen LogP contribution in [0, 0.1) is 0 Å². The van der Waals surface area contributed by atoms with Gasteiger partial charge in [-0.1, -0.05) is 0 Å². The van der Waals surface area contributed by atoms with E-state index in [1.807, 2.05) is 0 Å². The van der Waals surface area contributed by atoms with Gasteiger partial charge in [0.25, 0.3) is 0 Å². The zero-order chi connectivity index (χ0) is 4.50. The molecular formula is H2MoO4ReS. The summed E-state index contributed by atoms with van der Waals surface area (Å²) in [6.45, 7) is 0. The molecule has 0 aromatic rings. The van der Waals surface area contributed by atoms with Crippen molar-refractivity contribution in [1.82, 2.24) is 0 Å². The Labute approximate surface area is 69.2 Å².